The maximum absolute atomic E-state index is 11.7. The highest BCUT2D eigenvalue weighted by Gasteiger charge is 2.32. The molecular weight excluding hydrogens is 320 g/mol. The van der Waals surface area contributed by atoms with Crippen LogP contribution in [0, 0.1) is 13.8 Å². The zero-order valence-corrected chi connectivity index (χ0v) is 14.2. The normalized spacial score (nSPS) is 16.6. The Balaban J connectivity index is 0.00000200. The zero-order valence-electron chi connectivity index (χ0n) is 12.6. The molecule has 0 saturated carbocycles. The fraction of sp³-hybridized carbons (Fsp3) is 0.533. The van der Waals surface area contributed by atoms with Crippen LogP contribution in [0.3, 0.4) is 0 Å². The first-order valence-corrected chi connectivity index (χ1v) is 6.93. The summed E-state index contributed by atoms with van der Waals surface area (Å²) in [5.74, 6) is -0.125. The third-order valence-corrected chi connectivity index (χ3v) is 3.76. The Morgan fingerprint density at radius 2 is 1.95 bits per heavy atom. The summed E-state index contributed by atoms with van der Waals surface area (Å²) in [5, 5.41) is 0. The lowest BCUT2D eigenvalue weighted by Crippen LogP contribution is -3.08. The van der Waals surface area contributed by atoms with Crippen molar-refractivity contribution in [3.05, 3.63) is 23.3 Å². The minimum atomic E-state index is -0.125. The Bertz CT molecular complexity index is 491. The van der Waals surface area contributed by atoms with Crippen molar-refractivity contribution in [3.8, 4) is 0 Å². The number of carbonyl (C=O) groups is 1. The predicted octanol–water partition coefficient (Wildman–Crippen LogP) is -1.82. The van der Waals surface area contributed by atoms with Crippen molar-refractivity contribution in [2.75, 3.05) is 31.3 Å². The lowest BCUT2D eigenvalue weighted by molar-refractivity contribution is -0.817. The largest absolute Gasteiger partial charge is 1.00 e. The van der Waals surface area contributed by atoms with Gasteiger partial charge in [0.1, 0.15) is 5.69 Å². The molecule has 0 spiro atoms. The van der Waals surface area contributed by atoms with Gasteiger partial charge in [-0.2, -0.15) is 0 Å². The lowest BCUT2D eigenvalue weighted by atomic mass is 10.1. The molecule has 1 atom stereocenters. The molecule has 112 valence electrons. The van der Waals surface area contributed by atoms with Gasteiger partial charge < -0.3 is 26.6 Å². The summed E-state index contributed by atoms with van der Waals surface area (Å²) in [6, 6.07) is 4.43. The van der Waals surface area contributed by atoms with Crippen LogP contribution in [-0.4, -0.2) is 32.3 Å². The molecule has 4 nitrogen and oxygen atoms in total. The van der Waals surface area contributed by atoms with Crippen LogP contribution in [0.4, 0.5) is 11.4 Å². The predicted molar refractivity (Wildman–Crippen MR) is 75.9 cm³/mol. The number of hydrogen-bond acceptors (Lipinski definition) is 3. The topological polar surface area (TPSA) is 34.0 Å². The molecule has 1 aliphatic rings. The Morgan fingerprint density at radius 1 is 1.30 bits per heavy atom. The summed E-state index contributed by atoms with van der Waals surface area (Å²) in [6.07, 6.45) is 0. The number of rotatable bonds is 4. The van der Waals surface area contributed by atoms with Crippen molar-refractivity contribution in [1.82, 2.24) is 0 Å². The van der Waals surface area contributed by atoms with Crippen LogP contribution in [-0.2, 0) is 9.53 Å². The number of quaternary nitrogens is 1. The quantitative estimate of drug-likeness (QED) is 0.654. The molecule has 0 aromatic heterocycles. The van der Waals surface area contributed by atoms with Crippen molar-refractivity contribution >= 4 is 17.3 Å². The smallest absolute Gasteiger partial charge is 0.362 e. The second kappa shape index (κ2) is 7.09. The van der Waals surface area contributed by atoms with Gasteiger partial charge in [-0.3, -0.25) is 4.90 Å². The third-order valence-electron chi connectivity index (χ3n) is 3.76. The van der Waals surface area contributed by atoms with Gasteiger partial charge in [-0.1, -0.05) is 0 Å². The van der Waals surface area contributed by atoms with E-state index in [1.54, 1.807) is 0 Å². The number of aryl methyl sites for hydroxylation is 2. The Hall–Kier alpha value is -1.07. The summed E-state index contributed by atoms with van der Waals surface area (Å²) in [6.45, 7) is 10.9. The first-order chi connectivity index (χ1) is 9.06. The monoisotopic (exact) mass is 342 g/mol. The van der Waals surface area contributed by atoms with Crippen molar-refractivity contribution in [2.24, 2.45) is 0 Å². The van der Waals surface area contributed by atoms with Crippen LogP contribution < -0.4 is 26.8 Å². The van der Waals surface area contributed by atoms with E-state index in [9.17, 15) is 4.79 Å². The lowest BCUT2D eigenvalue weighted by Gasteiger charge is -2.14. The number of hydrogen-bond donors (Lipinski definition) is 1. The maximum atomic E-state index is 11.7. The molecule has 0 fully saturated rings. The first kappa shape index (κ1) is 17.0. The Morgan fingerprint density at radius 3 is 2.55 bits per heavy atom. The molecule has 0 radical (unpaired) electrons. The molecule has 0 aliphatic carbocycles. The standard InChI is InChI=1S/C15H22N2O2.BrH/c1-5-16-10-17(9-15(18)19-6-2)14-8-12(4)11(3)7-13(14)16;/h7-8H,5-6,9-10H2,1-4H3;1H. The van der Waals surface area contributed by atoms with Gasteiger partial charge in [0.15, 0.2) is 18.9 Å². The van der Waals surface area contributed by atoms with Crippen LogP contribution in [0.2, 0.25) is 0 Å². The molecule has 1 N–H and O–H groups in total. The molecule has 1 aromatic rings. The first-order valence-electron chi connectivity index (χ1n) is 6.93. The Labute approximate surface area is 131 Å². The number of ether oxygens (including phenoxy) is 1. The summed E-state index contributed by atoms with van der Waals surface area (Å²) < 4.78 is 5.06. The molecule has 5 heteroatoms. The van der Waals surface area contributed by atoms with Gasteiger partial charge >= 0.3 is 5.97 Å². The molecule has 1 unspecified atom stereocenters. The maximum Gasteiger partial charge on any atom is 0.362 e. The highest BCUT2D eigenvalue weighted by molar-refractivity contribution is 5.73. The molecule has 2 rings (SSSR count). The van der Waals surface area contributed by atoms with E-state index in [4.69, 9.17) is 4.74 Å². The van der Waals surface area contributed by atoms with E-state index in [1.165, 1.54) is 27.4 Å². The number of esters is 1. The number of nitrogens with zero attached hydrogens (tertiary/aromatic N) is 1. The van der Waals surface area contributed by atoms with E-state index in [0.29, 0.717) is 13.2 Å². The summed E-state index contributed by atoms with van der Waals surface area (Å²) in [5.41, 5.74) is 5.05. The number of fused-ring (bicyclic) bond motifs is 1. The number of benzene rings is 1. The highest BCUT2D eigenvalue weighted by atomic mass is 79.9. The van der Waals surface area contributed by atoms with Gasteiger partial charge in [-0.25, -0.2) is 4.79 Å². The second-order valence-corrected chi connectivity index (χ2v) is 5.05. The minimum Gasteiger partial charge on any atom is -1.00 e. The molecule has 0 amide bonds. The van der Waals surface area contributed by atoms with Crippen molar-refractivity contribution in [1.29, 1.82) is 0 Å². The molecule has 20 heavy (non-hydrogen) atoms. The molecule has 0 bridgehead atoms. The third kappa shape index (κ3) is 3.33. The Kier molecular flexibility index (Phi) is 6.02. The molecule has 1 aromatic carbocycles. The van der Waals surface area contributed by atoms with E-state index in [-0.39, 0.29) is 23.0 Å². The van der Waals surface area contributed by atoms with Gasteiger partial charge in [-0.15, -0.1) is 0 Å². The van der Waals surface area contributed by atoms with E-state index < -0.39 is 0 Å². The van der Waals surface area contributed by atoms with Gasteiger partial charge in [-0.05, 0) is 44.9 Å². The average molecular weight is 343 g/mol. The van der Waals surface area contributed by atoms with Crippen LogP contribution in [0.1, 0.15) is 25.0 Å². The summed E-state index contributed by atoms with van der Waals surface area (Å²) >= 11 is 0. The second-order valence-electron chi connectivity index (χ2n) is 5.05. The van der Waals surface area contributed by atoms with E-state index in [0.717, 1.165) is 13.2 Å². The molecule has 1 heterocycles. The summed E-state index contributed by atoms with van der Waals surface area (Å²) in [4.78, 5) is 15.2. The minimum absolute atomic E-state index is 0. The van der Waals surface area contributed by atoms with E-state index in [2.05, 4.69) is 37.8 Å². The number of halogens is 1. The fourth-order valence-corrected chi connectivity index (χ4v) is 2.57. The molecule has 0 saturated heterocycles. The number of nitrogens with one attached hydrogen (secondary N) is 1. The van der Waals surface area contributed by atoms with Crippen LogP contribution in [0.25, 0.3) is 0 Å². The van der Waals surface area contributed by atoms with Gasteiger partial charge in [0.05, 0.1) is 6.61 Å². The molecular formula is C15H23BrN2O2. The van der Waals surface area contributed by atoms with Crippen LogP contribution in [0.15, 0.2) is 12.1 Å². The zero-order chi connectivity index (χ0) is 14.0. The summed E-state index contributed by atoms with van der Waals surface area (Å²) in [7, 11) is 0. The van der Waals surface area contributed by atoms with Gasteiger partial charge in [0.2, 0.25) is 0 Å². The number of anilines is 1. The average Bonchev–Trinajstić information content (AvgIpc) is 2.68. The number of carbonyl (C=O) groups excluding carboxylic acids is 1. The van der Waals surface area contributed by atoms with Crippen LogP contribution >= 0.6 is 0 Å². The van der Waals surface area contributed by atoms with Crippen molar-refractivity contribution in [2.45, 2.75) is 27.7 Å². The van der Waals surface area contributed by atoms with Crippen LogP contribution in [0.5, 0.6) is 0 Å². The van der Waals surface area contributed by atoms with E-state index >= 15 is 0 Å². The SMILES string of the molecule is CCOC(=O)C[NH+]1CN(CC)c2cc(C)c(C)cc21.[Br-]. The van der Waals surface area contributed by atoms with Crippen molar-refractivity contribution in [3.63, 3.8) is 0 Å². The fourth-order valence-electron chi connectivity index (χ4n) is 2.57. The van der Waals surface area contributed by atoms with E-state index in [1.807, 2.05) is 6.92 Å². The van der Waals surface area contributed by atoms with Crippen molar-refractivity contribution < 1.29 is 31.4 Å². The molecule has 1 aliphatic heterocycles. The van der Waals surface area contributed by atoms with Gasteiger partial charge in [0.25, 0.3) is 0 Å². The van der Waals surface area contributed by atoms with Gasteiger partial charge in [0, 0.05) is 12.6 Å². The highest BCUT2D eigenvalue weighted by Crippen LogP contribution is 2.29.